The van der Waals surface area contributed by atoms with Crippen LogP contribution in [0.1, 0.15) is 28.4 Å². The standard InChI is InChI=1S/C19H18O3/c1-14(19(21)22-2)11-12-15-7-6-10-17(13-15)18(20)16-8-4-3-5-9-16/h3-11,13H,12H2,1-2H3. The van der Waals surface area contributed by atoms with Crippen molar-refractivity contribution in [1.29, 1.82) is 0 Å². The maximum atomic E-state index is 12.4. The number of methoxy groups -OCH3 is 1. The Labute approximate surface area is 130 Å². The third kappa shape index (κ3) is 3.92. The number of carbonyl (C=O) groups is 2. The third-order valence-corrected chi connectivity index (χ3v) is 3.38. The maximum absolute atomic E-state index is 12.4. The number of allylic oxidation sites excluding steroid dienone is 1. The van der Waals surface area contributed by atoms with E-state index in [9.17, 15) is 9.59 Å². The van der Waals surface area contributed by atoms with Crippen molar-refractivity contribution in [2.75, 3.05) is 7.11 Å². The third-order valence-electron chi connectivity index (χ3n) is 3.38. The van der Waals surface area contributed by atoms with Gasteiger partial charge in [-0.25, -0.2) is 4.79 Å². The molecule has 0 spiro atoms. The van der Waals surface area contributed by atoms with Gasteiger partial charge < -0.3 is 4.74 Å². The summed E-state index contributed by atoms with van der Waals surface area (Å²) in [6.07, 6.45) is 2.38. The van der Waals surface area contributed by atoms with Gasteiger partial charge in [0.1, 0.15) is 0 Å². The van der Waals surface area contributed by atoms with Crippen molar-refractivity contribution in [2.24, 2.45) is 0 Å². The Hall–Kier alpha value is -2.68. The predicted octanol–water partition coefficient (Wildman–Crippen LogP) is 3.58. The zero-order chi connectivity index (χ0) is 15.9. The van der Waals surface area contributed by atoms with Crippen molar-refractivity contribution in [1.82, 2.24) is 0 Å². The number of ether oxygens (including phenoxy) is 1. The molecule has 0 aliphatic rings. The van der Waals surface area contributed by atoms with E-state index in [2.05, 4.69) is 4.74 Å². The molecule has 0 saturated carbocycles. The monoisotopic (exact) mass is 294 g/mol. The summed E-state index contributed by atoms with van der Waals surface area (Å²) in [7, 11) is 1.36. The molecule has 2 aromatic rings. The van der Waals surface area contributed by atoms with Gasteiger partial charge in [0.2, 0.25) is 0 Å². The van der Waals surface area contributed by atoms with Crippen LogP contribution in [-0.4, -0.2) is 18.9 Å². The lowest BCUT2D eigenvalue weighted by atomic mass is 10.00. The summed E-state index contributed by atoms with van der Waals surface area (Å²) in [5.74, 6) is -0.340. The van der Waals surface area contributed by atoms with Gasteiger partial charge in [0, 0.05) is 16.7 Å². The summed E-state index contributed by atoms with van der Waals surface area (Å²) in [5, 5.41) is 0. The highest BCUT2D eigenvalue weighted by atomic mass is 16.5. The van der Waals surface area contributed by atoms with Crippen LogP contribution in [0.15, 0.2) is 66.2 Å². The lowest BCUT2D eigenvalue weighted by Gasteiger charge is -2.04. The molecule has 0 unspecified atom stereocenters. The molecule has 0 heterocycles. The fourth-order valence-electron chi connectivity index (χ4n) is 2.11. The molecule has 2 rings (SSSR count). The number of hydrogen-bond acceptors (Lipinski definition) is 3. The summed E-state index contributed by atoms with van der Waals surface area (Å²) in [5.41, 5.74) is 2.85. The average Bonchev–Trinajstić information content (AvgIpc) is 2.59. The first-order chi connectivity index (χ1) is 10.6. The maximum Gasteiger partial charge on any atom is 0.333 e. The van der Waals surface area contributed by atoms with Gasteiger partial charge >= 0.3 is 5.97 Å². The minimum Gasteiger partial charge on any atom is -0.466 e. The van der Waals surface area contributed by atoms with E-state index in [0.29, 0.717) is 23.1 Å². The second-order valence-electron chi connectivity index (χ2n) is 4.98. The Bertz CT molecular complexity index is 700. The molecule has 0 aliphatic carbocycles. The van der Waals surface area contributed by atoms with Gasteiger partial charge in [-0.2, -0.15) is 0 Å². The fraction of sp³-hybridized carbons (Fsp3) is 0.158. The molecule has 2 aromatic carbocycles. The summed E-state index contributed by atoms with van der Waals surface area (Å²) >= 11 is 0. The van der Waals surface area contributed by atoms with E-state index in [0.717, 1.165) is 5.56 Å². The molecule has 0 N–H and O–H groups in total. The highest BCUT2D eigenvalue weighted by molar-refractivity contribution is 6.09. The van der Waals surface area contributed by atoms with Gasteiger partial charge in [0.25, 0.3) is 0 Å². The van der Waals surface area contributed by atoms with Gasteiger partial charge in [-0.1, -0.05) is 54.6 Å². The van der Waals surface area contributed by atoms with Crippen LogP contribution in [0.3, 0.4) is 0 Å². The Morgan fingerprint density at radius 3 is 2.36 bits per heavy atom. The predicted molar refractivity (Wildman–Crippen MR) is 85.8 cm³/mol. The first-order valence-corrected chi connectivity index (χ1v) is 7.05. The van der Waals surface area contributed by atoms with Gasteiger partial charge in [-0.15, -0.1) is 0 Å². The van der Waals surface area contributed by atoms with E-state index in [1.165, 1.54) is 7.11 Å². The van der Waals surface area contributed by atoms with Crippen LogP contribution in [0, 0.1) is 0 Å². The Morgan fingerprint density at radius 2 is 1.68 bits per heavy atom. The van der Waals surface area contributed by atoms with Crippen LogP contribution in [0.4, 0.5) is 0 Å². The lowest BCUT2D eigenvalue weighted by molar-refractivity contribution is -0.136. The second-order valence-corrected chi connectivity index (χ2v) is 4.98. The normalized spacial score (nSPS) is 11.1. The van der Waals surface area contributed by atoms with Crippen molar-refractivity contribution >= 4 is 11.8 Å². The zero-order valence-corrected chi connectivity index (χ0v) is 12.7. The molecule has 0 aromatic heterocycles. The molecule has 0 radical (unpaired) electrons. The van der Waals surface area contributed by atoms with Crippen molar-refractivity contribution < 1.29 is 14.3 Å². The van der Waals surface area contributed by atoms with Crippen LogP contribution in [-0.2, 0) is 16.0 Å². The van der Waals surface area contributed by atoms with Crippen LogP contribution >= 0.6 is 0 Å². The molecule has 3 heteroatoms. The number of ketones is 1. The molecular weight excluding hydrogens is 276 g/mol. The largest absolute Gasteiger partial charge is 0.466 e. The molecule has 0 fully saturated rings. The first-order valence-electron chi connectivity index (χ1n) is 7.05. The Kier molecular flexibility index (Phi) is 5.26. The van der Waals surface area contributed by atoms with Crippen molar-refractivity contribution in [2.45, 2.75) is 13.3 Å². The molecular formula is C19H18O3. The number of benzene rings is 2. The summed E-state index contributed by atoms with van der Waals surface area (Å²) in [4.78, 5) is 23.8. The minimum absolute atomic E-state index is 0.00359. The zero-order valence-electron chi connectivity index (χ0n) is 12.7. The number of carbonyl (C=O) groups excluding carboxylic acids is 2. The molecule has 3 nitrogen and oxygen atoms in total. The summed E-state index contributed by atoms with van der Waals surface area (Å²) in [6.45, 7) is 1.71. The van der Waals surface area contributed by atoms with Gasteiger partial charge in [0.05, 0.1) is 7.11 Å². The van der Waals surface area contributed by atoms with Gasteiger partial charge in [-0.05, 0) is 25.0 Å². The van der Waals surface area contributed by atoms with E-state index in [1.54, 1.807) is 31.2 Å². The number of rotatable bonds is 5. The second kappa shape index (κ2) is 7.36. The summed E-state index contributed by atoms with van der Waals surface area (Å²) in [6, 6.07) is 16.6. The Morgan fingerprint density at radius 1 is 1.00 bits per heavy atom. The molecule has 0 bridgehead atoms. The highest BCUT2D eigenvalue weighted by Crippen LogP contribution is 2.13. The number of hydrogen-bond donors (Lipinski definition) is 0. The van der Waals surface area contributed by atoms with E-state index in [4.69, 9.17) is 0 Å². The average molecular weight is 294 g/mol. The van der Waals surface area contributed by atoms with Crippen LogP contribution < -0.4 is 0 Å². The van der Waals surface area contributed by atoms with Crippen LogP contribution in [0.25, 0.3) is 0 Å². The lowest BCUT2D eigenvalue weighted by Crippen LogP contribution is -2.03. The molecule has 0 atom stereocenters. The fourth-order valence-corrected chi connectivity index (χ4v) is 2.11. The van der Waals surface area contributed by atoms with Gasteiger partial charge in [0.15, 0.2) is 5.78 Å². The van der Waals surface area contributed by atoms with Crippen molar-refractivity contribution in [3.63, 3.8) is 0 Å². The molecule has 22 heavy (non-hydrogen) atoms. The SMILES string of the molecule is COC(=O)C(C)=CCc1cccc(C(=O)c2ccccc2)c1. The molecule has 112 valence electrons. The molecule has 0 amide bonds. The van der Waals surface area contributed by atoms with Crippen LogP contribution in [0.5, 0.6) is 0 Å². The Balaban J connectivity index is 2.17. The topological polar surface area (TPSA) is 43.4 Å². The highest BCUT2D eigenvalue weighted by Gasteiger charge is 2.09. The van der Waals surface area contributed by atoms with Crippen molar-refractivity contribution in [3.8, 4) is 0 Å². The van der Waals surface area contributed by atoms with E-state index < -0.39 is 0 Å². The van der Waals surface area contributed by atoms with Crippen LogP contribution in [0.2, 0.25) is 0 Å². The first kappa shape index (κ1) is 15.7. The van der Waals surface area contributed by atoms with Gasteiger partial charge in [-0.3, -0.25) is 4.79 Å². The van der Waals surface area contributed by atoms with E-state index in [-0.39, 0.29) is 11.8 Å². The number of esters is 1. The van der Waals surface area contributed by atoms with E-state index >= 15 is 0 Å². The van der Waals surface area contributed by atoms with Crippen molar-refractivity contribution in [3.05, 3.63) is 82.9 Å². The quantitative estimate of drug-likeness (QED) is 0.481. The minimum atomic E-state index is -0.337. The smallest absolute Gasteiger partial charge is 0.333 e. The summed E-state index contributed by atoms with van der Waals surface area (Å²) < 4.78 is 4.66. The van der Waals surface area contributed by atoms with E-state index in [1.807, 2.05) is 36.4 Å². The molecule has 0 aliphatic heterocycles. The molecule has 0 saturated heterocycles.